The molecular weight excluding hydrogens is 224 g/mol. The monoisotopic (exact) mass is 240 g/mol. The van der Waals surface area contributed by atoms with Gasteiger partial charge in [0.05, 0.1) is 12.7 Å². The van der Waals surface area contributed by atoms with E-state index in [1.807, 2.05) is 37.2 Å². The fourth-order valence-corrected chi connectivity index (χ4v) is 1.66. The van der Waals surface area contributed by atoms with Crippen molar-refractivity contribution >= 4 is 18.2 Å². The molecule has 0 aromatic carbocycles. The summed E-state index contributed by atoms with van der Waals surface area (Å²) in [6, 6.07) is 4.16. The maximum Gasteiger partial charge on any atom is 0.127 e. The highest BCUT2D eigenvalue weighted by Gasteiger charge is 2.04. The summed E-state index contributed by atoms with van der Waals surface area (Å²) in [6.45, 7) is 2.88. The Labute approximate surface area is 102 Å². The van der Waals surface area contributed by atoms with Crippen molar-refractivity contribution in [2.24, 2.45) is 14.1 Å². The van der Waals surface area contributed by atoms with E-state index in [-0.39, 0.29) is 12.4 Å². The molecule has 16 heavy (non-hydrogen) atoms. The van der Waals surface area contributed by atoms with Crippen LogP contribution in [0.25, 0.3) is 0 Å². The van der Waals surface area contributed by atoms with Crippen LogP contribution >= 0.6 is 12.4 Å². The third kappa shape index (κ3) is 2.39. The molecule has 0 aliphatic heterocycles. The Bertz CT molecular complexity index is 439. The zero-order chi connectivity index (χ0) is 10.8. The van der Waals surface area contributed by atoms with Gasteiger partial charge in [-0.25, -0.2) is 0 Å². The fraction of sp³-hybridized carbons (Fsp3) is 0.364. The molecule has 0 amide bonds. The molecule has 0 atom stereocenters. The van der Waals surface area contributed by atoms with Gasteiger partial charge < -0.3 is 9.88 Å². The molecule has 0 bridgehead atoms. The van der Waals surface area contributed by atoms with Gasteiger partial charge in [0.1, 0.15) is 5.82 Å². The number of halogens is 1. The maximum atomic E-state index is 4.19. The van der Waals surface area contributed by atoms with Crippen LogP contribution in [0.15, 0.2) is 24.5 Å². The first-order valence-corrected chi connectivity index (χ1v) is 5.01. The van der Waals surface area contributed by atoms with Crippen molar-refractivity contribution in [3.05, 3.63) is 35.8 Å². The maximum absolute atomic E-state index is 4.19. The third-order valence-electron chi connectivity index (χ3n) is 2.61. The van der Waals surface area contributed by atoms with E-state index >= 15 is 0 Å². The molecule has 5 heteroatoms. The van der Waals surface area contributed by atoms with Gasteiger partial charge in [-0.2, -0.15) is 5.10 Å². The molecule has 0 fully saturated rings. The van der Waals surface area contributed by atoms with E-state index in [1.54, 1.807) is 0 Å². The van der Waals surface area contributed by atoms with Crippen molar-refractivity contribution in [1.29, 1.82) is 0 Å². The van der Waals surface area contributed by atoms with Crippen molar-refractivity contribution in [2.45, 2.75) is 13.5 Å². The van der Waals surface area contributed by atoms with Gasteiger partial charge in [0.25, 0.3) is 0 Å². The van der Waals surface area contributed by atoms with Crippen molar-refractivity contribution in [1.82, 2.24) is 14.3 Å². The zero-order valence-electron chi connectivity index (χ0n) is 9.77. The number of nitrogens with one attached hydrogen (secondary N) is 1. The van der Waals surface area contributed by atoms with Crippen LogP contribution in [-0.4, -0.2) is 14.3 Å². The lowest BCUT2D eigenvalue weighted by atomic mass is 10.3. The standard InChI is InChI=1S/C11H16N4.ClH/c1-9-7-13-15(3)11(9)12-8-10-5-4-6-14(10)2;/h4-7,12H,8H2,1-3H3;1H. The highest BCUT2D eigenvalue weighted by Crippen LogP contribution is 2.13. The molecule has 0 spiro atoms. The second-order valence-corrected chi connectivity index (χ2v) is 3.76. The predicted molar refractivity (Wildman–Crippen MR) is 67.9 cm³/mol. The number of nitrogens with zero attached hydrogens (tertiary/aromatic N) is 3. The fourth-order valence-electron chi connectivity index (χ4n) is 1.66. The smallest absolute Gasteiger partial charge is 0.127 e. The summed E-state index contributed by atoms with van der Waals surface area (Å²) < 4.78 is 3.97. The van der Waals surface area contributed by atoms with Crippen molar-refractivity contribution in [3.63, 3.8) is 0 Å². The number of rotatable bonds is 3. The summed E-state index contributed by atoms with van der Waals surface area (Å²) in [4.78, 5) is 0. The summed E-state index contributed by atoms with van der Waals surface area (Å²) in [7, 11) is 3.99. The quantitative estimate of drug-likeness (QED) is 0.892. The van der Waals surface area contributed by atoms with E-state index in [0.29, 0.717) is 0 Å². The summed E-state index contributed by atoms with van der Waals surface area (Å²) in [5, 5.41) is 7.57. The normalized spacial score (nSPS) is 9.94. The molecule has 0 radical (unpaired) electrons. The minimum atomic E-state index is 0. The Morgan fingerprint density at radius 2 is 2.12 bits per heavy atom. The molecule has 2 aromatic heterocycles. The van der Waals surface area contributed by atoms with Gasteiger partial charge in [-0.05, 0) is 19.1 Å². The van der Waals surface area contributed by atoms with Crippen LogP contribution in [0, 0.1) is 6.92 Å². The molecule has 1 N–H and O–H groups in total. The lowest BCUT2D eigenvalue weighted by Crippen LogP contribution is -2.08. The molecule has 0 saturated heterocycles. The van der Waals surface area contributed by atoms with Crippen molar-refractivity contribution < 1.29 is 0 Å². The number of aryl methyl sites for hydroxylation is 3. The van der Waals surface area contributed by atoms with Crippen LogP contribution in [-0.2, 0) is 20.6 Å². The van der Waals surface area contributed by atoms with Gasteiger partial charge >= 0.3 is 0 Å². The number of hydrogen-bond acceptors (Lipinski definition) is 2. The van der Waals surface area contributed by atoms with E-state index in [1.165, 1.54) is 11.3 Å². The number of anilines is 1. The lowest BCUT2D eigenvalue weighted by molar-refractivity contribution is 0.761. The van der Waals surface area contributed by atoms with E-state index in [0.717, 1.165) is 12.4 Å². The van der Waals surface area contributed by atoms with Crippen molar-refractivity contribution in [2.75, 3.05) is 5.32 Å². The van der Waals surface area contributed by atoms with E-state index in [9.17, 15) is 0 Å². The number of aromatic nitrogens is 3. The lowest BCUT2D eigenvalue weighted by Gasteiger charge is -2.08. The SMILES string of the molecule is Cc1cnn(C)c1NCc1cccn1C.Cl. The largest absolute Gasteiger partial charge is 0.364 e. The second-order valence-electron chi connectivity index (χ2n) is 3.76. The Kier molecular flexibility index (Phi) is 4.01. The second kappa shape index (κ2) is 5.07. The summed E-state index contributed by atoms with van der Waals surface area (Å²) >= 11 is 0. The van der Waals surface area contributed by atoms with Gasteiger partial charge in [-0.1, -0.05) is 0 Å². The van der Waals surface area contributed by atoms with Gasteiger partial charge in [0.15, 0.2) is 0 Å². The van der Waals surface area contributed by atoms with E-state index in [2.05, 4.69) is 28.0 Å². The van der Waals surface area contributed by atoms with E-state index in [4.69, 9.17) is 0 Å². The van der Waals surface area contributed by atoms with Crippen LogP contribution in [0.5, 0.6) is 0 Å². The van der Waals surface area contributed by atoms with Crippen molar-refractivity contribution in [3.8, 4) is 0 Å². The van der Waals surface area contributed by atoms with Crippen LogP contribution in [0.4, 0.5) is 5.82 Å². The Balaban J connectivity index is 0.00000128. The first-order chi connectivity index (χ1) is 7.18. The van der Waals surface area contributed by atoms with Crippen LogP contribution in [0.2, 0.25) is 0 Å². The summed E-state index contributed by atoms with van der Waals surface area (Å²) in [5.74, 6) is 1.08. The molecule has 0 unspecified atom stereocenters. The molecule has 88 valence electrons. The topological polar surface area (TPSA) is 34.8 Å². The van der Waals surface area contributed by atoms with Gasteiger partial charge in [-0.3, -0.25) is 4.68 Å². The molecule has 0 aliphatic carbocycles. The Hall–Kier alpha value is -1.42. The molecule has 0 aliphatic rings. The predicted octanol–water partition coefficient (Wildman–Crippen LogP) is 2.10. The minimum absolute atomic E-state index is 0. The number of hydrogen-bond donors (Lipinski definition) is 1. The third-order valence-corrected chi connectivity index (χ3v) is 2.61. The average Bonchev–Trinajstić information content (AvgIpc) is 2.73. The van der Waals surface area contributed by atoms with Gasteiger partial charge in [0, 0.05) is 31.5 Å². The average molecular weight is 241 g/mol. The van der Waals surface area contributed by atoms with Crippen LogP contribution in [0.3, 0.4) is 0 Å². The zero-order valence-corrected chi connectivity index (χ0v) is 10.6. The molecule has 0 saturated carbocycles. The Morgan fingerprint density at radius 3 is 2.62 bits per heavy atom. The van der Waals surface area contributed by atoms with Gasteiger partial charge in [-0.15, -0.1) is 12.4 Å². The van der Waals surface area contributed by atoms with E-state index < -0.39 is 0 Å². The molecule has 2 rings (SSSR count). The van der Waals surface area contributed by atoms with Crippen LogP contribution < -0.4 is 5.32 Å². The summed E-state index contributed by atoms with van der Waals surface area (Å²) in [6.07, 6.45) is 3.92. The first kappa shape index (κ1) is 12.6. The molecule has 2 heterocycles. The van der Waals surface area contributed by atoms with Gasteiger partial charge in [0.2, 0.25) is 0 Å². The summed E-state index contributed by atoms with van der Waals surface area (Å²) in [5.41, 5.74) is 2.43. The minimum Gasteiger partial charge on any atom is -0.364 e. The molecule has 4 nitrogen and oxygen atoms in total. The molecule has 2 aromatic rings. The Morgan fingerprint density at radius 1 is 1.38 bits per heavy atom. The highest BCUT2D eigenvalue weighted by molar-refractivity contribution is 5.85. The van der Waals surface area contributed by atoms with Crippen LogP contribution in [0.1, 0.15) is 11.3 Å². The first-order valence-electron chi connectivity index (χ1n) is 5.01. The highest BCUT2D eigenvalue weighted by atomic mass is 35.5. The molecular formula is C11H17ClN4.